The molecule has 7 heteroatoms. The van der Waals surface area contributed by atoms with Crippen molar-refractivity contribution < 1.29 is 26.3 Å². The summed E-state index contributed by atoms with van der Waals surface area (Å²) >= 11 is 0. The van der Waals surface area contributed by atoms with E-state index in [-0.39, 0.29) is 0 Å². The zero-order valence-corrected chi connectivity index (χ0v) is 5.84. The number of halogens is 6. The van der Waals surface area contributed by atoms with Crippen LogP contribution < -0.4 is 5.73 Å². The molecule has 0 aromatic rings. The molecule has 0 aliphatic carbocycles. The van der Waals surface area contributed by atoms with Gasteiger partial charge >= 0.3 is 12.1 Å². The minimum Gasteiger partial charge on any atom is -0.330 e. The minimum absolute atomic E-state index is 0.549. The Labute approximate surface area is 64.5 Å². The molecule has 0 bridgehead atoms. The van der Waals surface area contributed by atoms with Gasteiger partial charge in [-0.15, -0.1) is 0 Å². The molecule has 0 saturated heterocycles. The van der Waals surface area contributed by atoms with E-state index in [4.69, 9.17) is 0 Å². The third-order valence-electron chi connectivity index (χ3n) is 1.19. The van der Waals surface area contributed by atoms with Gasteiger partial charge in [-0.3, -0.25) is 0 Å². The van der Waals surface area contributed by atoms with Crippen molar-refractivity contribution >= 4 is 0 Å². The highest BCUT2D eigenvalue weighted by molar-refractivity contribution is 4.84. The maximum absolute atomic E-state index is 12.1. The molecule has 74 valence electrons. The second-order valence-corrected chi connectivity index (χ2v) is 2.17. The highest BCUT2D eigenvalue weighted by atomic mass is 19.4. The van der Waals surface area contributed by atoms with E-state index in [1.54, 1.807) is 0 Å². The van der Waals surface area contributed by atoms with Gasteiger partial charge in [-0.1, -0.05) is 0 Å². The lowest BCUT2D eigenvalue weighted by molar-refractivity contribution is -0.303. The van der Waals surface area contributed by atoms with Crippen LogP contribution in [0.2, 0.25) is 0 Å². The maximum atomic E-state index is 12.1. The summed E-state index contributed by atoms with van der Waals surface area (Å²) in [5.41, 5.74) is 4.63. The molecule has 0 aliphatic heterocycles. The van der Waals surface area contributed by atoms with Crippen molar-refractivity contribution in [3.05, 3.63) is 0 Å². The van der Waals surface area contributed by atoms with Crippen molar-refractivity contribution in [3.8, 4) is 0 Å². The van der Waals surface area contributed by atoms with Crippen LogP contribution in [-0.2, 0) is 0 Å². The molecule has 0 rings (SSSR count). The minimum atomic E-state index is -5.85. The van der Waals surface area contributed by atoms with Crippen molar-refractivity contribution in [1.29, 1.82) is 0 Å². The highest BCUT2D eigenvalue weighted by Gasteiger charge is 2.62. The molecule has 0 aromatic carbocycles. The van der Waals surface area contributed by atoms with Crippen LogP contribution in [0, 0.1) is 0 Å². The SMILES string of the molecule is NCCC(F)C(F)(F)C(F)(F)F. The Morgan fingerprint density at radius 3 is 1.75 bits per heavy atom. The molecule has 0 radical (unpaired) electrons. The van der Waals surface area contributed by atoms with Crippen LogP contribution in [0.4, 0.5) is 26.3 Å². The van der Waals surface area contributed by atoms with E-state index in [2.05, 4.69) is 5.73 Å². The molecule has 2 N–H and O–H groups in total. The van der Waals surface area contributed by atoms with Gasteiger partial charge in [-0.2, -0.15) is 22.0 Å². The molecule has 0 spiro atoms. The van der Waals surface area contributed by atoms with Crippen LogP contribution in [-0.4, -0.2) is 24.8 Å². The topological polar surface area (TPSA) is 26.0 Å². The first kappa shape index (κ1) is 11.5. The Morgan fingerprint density at radius 2 is 1.50 bits per heavy atom. The summed E-state index contributed by atoms with van der Waals surface area (Å²) in [5.74, 6) is -5.30. The van der Waals surface area contributed by atoms with Gasteiger partial charge in [0.05, 0.1) is 0 Å². The van der Waals surface area contributed by atoms with E-state index in [1.165, 1.54) is 0 Å². The van der Waals surface area contributed by atoms with Crippen molar-refractivity contribution in [3.63, 3.8) is 0 Å². The van der Waals surface area contributed by atoms with Crippen LogP contribution >= 0.6 is 0 Å². The fraction of sp³-hybridized carbons (Fsp3) is 1.00. The molecule has 0 heterocycles. The zero-order valence-electron chi connectivity index (χ0n) is 5.84. The number of alkyl halides is 6. The van der Waals surface area contributed by atoms with E-state index >= 15 is 0 Å². The first-order valence-corrected chi connectivity index (χ1v) is 3.02. The molecule has 0 fully saturated rings. The Hall–Kier alpha value is -0.460. The van der Waals surface area contributed by atoms with Crippen LogP contribution in [0.15, 0.2) is 0 Å². The second kappa shape index (κ2) is 3.51. The quantitative estimate of drug-likeness (QED) is 0.683. The normalized spacial score (nSPS) is 16.2. The average molecular weight is 195 g/mol. The lowest BCUT2D eigenvalue weighted by Gasteiger charge is -2.22. The molecule has 0 saturated carbocycles. The van der Waals surface area contributed by atoms with Crippen molar-refractivity contribution in [2.45, 2.75) is 24.7 Å². The molecule has 12 heavy (non-hydrogen) atoms. The molecule has 1 atom stereocenters. The van der Waals surface area contributed by atoms with Gasteiger partial charge < -0.3 is 5.73 Å². The maximum Gasteiger partial charge on any atom is 0.456 e. The molecular formula is C5H7F6N. The fourth-order valence-corrected chi connectivity index (χ4v) is 0.505. The Bertz CT molecular complexity index is 141. The summed E-state index contributed by atoms with van der Waals surface area (Å²) in [6.45, 7) is -0.549. The van der Waals surface area contributed by atoms with Crippen molar-refractivity contribution in [2.24, 2.45) is 5.73 Å². The second-order valence-electron chi connectivity index (χ2n) is 2.17. The van der Waals surface area contributed by atoms with E-state index in [0.29, 0.717) is 0 Å². The molecule has 0 aromatic heterocycles. The zero-order chi connectivity index (χ0) is 9.99. The molecule has 0 aliphatic rings. The summed E-state index contributed by atoms with van der Waals surface area (Å²) in [7, 11) is 0. The molecule has 0 amide bonds. The van der Waals surface area contributed by atoms with E-state index in [0.717, 1.165) is 0 Å². The lowest BCUT2D eigenvalue weighted by Crippen LogP contribution is -2.45. The number of nitrogens with two attached hydrogens (primary N) is 1. The summed E-state index contributed by atoms with van der Waals surface area (Å²) in [6.07, 6.45) is -10.1. The van der Waals surface area contributed by atoms with Gasteiger partial charge in [-0.05, 0) is 13.0 Å². The predicted octanol–water partition coefficient (Wildman–Crippen LogP) is 1.87. The Balaban J connectivity index is 4.38. The monoisotopic (exact) mass is 195 g/mol. The summed E-state index contributed by atoms with van der Waals surface area (Å²) in [4.78, 5) is 0. The van der Waals surface area contributed by atoms with Crippen molar-refractivity contribution in [1.82, 2.24) is 0 Å². The summed E-state index contributed by atoms with van der Waals surface area (Å²) < 4.78 is 70.2. The van der Waals surface area contributed by atoms with Crippen LogP contribution in [0.1, 0.15) is 6.42 Å². The summed E-state index contributed by atoms with van der Waals surface area (Å²) in [6, 6.07) is 0. The van der Waals surface area contributed by atoms with Crippen LogP contribution in [0.5, 0.6) is 0 Å². The van der Waals surface area contributed by atoms with Gasteiger partial charge in [0, 0.05) is 0 Å². The van der Waals surface area contributed by atoms with Gasteiger partial charge in [0.25, 0.3) is 0 Å². The van der Waals surface area contributed by atoms with E-state index < -0.39 is 31.2 Å². The van der Waals surface area contributed by atoms with Crippen LogP contribution in [0.3, 0.4) is 0 Å². The number of rotatable bonds is 3. The third-order valence-corrected chi connectivity index (χ3v) is 1.19. The third kappa shape index (κ3) is 2.26. The number of hydrogen-bond acceptors (Lipinski definition) is 1. The predicted molar refractivity (Wildman–Crippen MR) is 29.6 cm³/mol. The Kier molecular flexibility index (Phi) is 3.37. The first-order valence-electron chi connectivity index (χ1n) is 3.02. The van der Waals surface area contributed by atoms with E-state index in [1.807, 2.05) is 0 Å². The van der Waals surface area contributed by atoms with Gasteiger partial charge in [0.15, 0.2) is 6.17 Å². The first-order chi connectivity index (χ1) is 5.23. The summed E-state index contributed by atoms with van der Waals surface area (Å²) in [5, 5.41) is 0. The molecular weight excluding hydrogens is 188 g/mol. The lowest BCUT2D eigenvalue weighted by atomic mass is 10.1. The fourth-order valence-electron chi connectivity index (χ4n) is 0.505. The Morgan fingerprint density at radius 1 is 1.08 bits per heavy atom. The van der Waals surface area contributed by atoms with Gasteiger partial charge in [-0.25, -0.2) is 4.39 Å². The highest BCUT2D eigenvalue weighted by Crippen LogP contribution is 2.40. The van der Waals surface area contributed by atoms with Gasteiger partial charge in [0.1, 0.15) is 0 Å². The van der Waals surface area contributed by atoms with Crippen LogP contribution in [0.25, 0.3) is 0 Å². The van der Waals surface area contributed by atoms with Crippen molar-refractivity contribution in [2.75, 3.05) is 6.54 Å². The van der Waals surface area contributed by atoms with Gasteiger partial charge in [0.2, 0.25) is 0 Å². The molecule has 1 nitrogen and oxygen atoms in total. The smallest absolute Gasteiger partial charge is 0.330 e. The standard InChI is InChI=1S/C5H7F6N/c6-3(1-2-12)4(7,8)5(9,10)11/h3H,1-2,12H2. The number of hydrogen-bond donors (Lipinski definition) is 1. The van der Waals surface area contributed by atoms with E-state index in [9.17, 15) is 26.3 Å². The average Bonchev–Trinajstić information content (AvgIpc) is 1.85. The largest absolute Gasteiger partial charge is 0.456 e. The molecule has 1 unspecified atom stereocenters.